The van der Waals surface area contributed by atoms with Gasteiger partial charge in [-0.1, -0.05) is 6.42 Å². The van der Waals surface area contributed by atoms with Crippen LogP contribution in [0.2, 0.25) is 0 Å². The Morgan fingerprint density at radius 3 is 2.69 bits per heavy atom. The monoisotopic (exact) mass is 398 g/mol. The van der Waals surface area contributed by atoms with E-state index in [1.54, 1.807) is 16.7 Å². The van der Waals surface area contributed by atoms with Gasteiger partial charge >= 0.3 is 0 Å². The summed E-state index contributed by atoms with van der Waals surface area (Å²) >= 11 is 0. The number of aliphatic hydroxyl groups excluding tert-OH is 1. The number of carbonyl (C=O) groups is 1. The molecule has 1 saturated heterocycles. The first kappa shape index (κ1) is 21.0. The molecule has 0 aliphatic carbocycles. The smallest absolute Gasteiger partial charge is 0.239 e. The Morgan fingerprint density at radius 2 is 2.03 bits per heavy atom. The number of likely N-dealkylation sites (tertiary alicyclic amines) is 1. The van der Waals surface area contributed by atoms with Crippen molar-refractivity contribution >= 4 is 11.7 Å². The van der Waals surface area contributed by atoms with Crippen molar-refractivity contribution in [3.05, 3.63) is 46.9 Å². The molecule has 1 unspecified atom stereocenters. The van der Waals surface area contributed by atoms with Crippen molar-refractivity contribution in [3.8, 4) is 11.8 Å². The summed E-state index contributed by atoms with van der Waals surface area (Å²) in [5, 5.41) is 21.9. The number of amides is 1. The van der Waals surface area contributed by atoms with Gasteiger partial charge in [0.1, 0.15) is 17.7 Å². The van der Waals surface area contributed by atoms with Crippen molar-refractivity contribution < 1.29 is 14.3 Å². The van der Waals surface area contributed by atoms with Crippen molar-refractivity contribution in [1.82, 2.24) is 9.47 Å². The number of benzene rings is 1. The van der Waals surface area contributed by atoms with Gasteiger partial charge in [-0.3, -0.25) is 14.3 Å². The highest BCUT2D eigenvalue weighted by Gasteiger charge is 2.26. The molecule has 7 heteroatoms. The average molecular weight is 398 g/mol. The maximum atomic E-state index is 13.4. The van der Waals surface area contributed by atoms with Gasteiger partial charge in [-0.05, 0) is 69.5 Å². The number of anilines is 1. The molecule has 6 nitrogen and oxygen atoms in total. The van der Waals surface area contributed by atoms with E-state index < -0.39 is 0 Å². The number of nitrogens with one attached hydrogen (secondary N) is 1. The van der Waals surface area contributed by atoms with E-state index in [1.165, 1.54) is 12.1 Å². The number of aromatic nitrogens is 1. The summed E-state index contributed by atoms with van der Waals surface area (Å²) in [6.45, 7) is 4.85. The summed E-state index contributed by atoms with van der Waals surface area (Å²) in [6.07, 6.45) is 3.76. The molecule has 0 spiro atoms. The van der Waals surface area contributed by atoms with Crippen molar-refractivity contribution in [2.45, 2.75) is 45.6 Å². The maximum Gasteiger partial charge on any atom is 0.239 e. The van der Waals surface area contributed by atoms with E-state index in [9.17, 15) is 19.6 Å². The van der Waals surface area contributed by atoms with Crippen LogP contribution in [0.3, 0.4) is 0 Å². The lowest BCUT2D eigenvalue weighted by Crippen LogP contribution is -2.44. The molecule has 29 heavy (non-hydrogen) atoms. The molecule has 0 bridgehead atoms. The SMILES string of the molecule is Cc1c(C#N)c(NC(=O)CN2CCCCC2CCO)n(-c2ccc(F)cc2)c1C. The molecule has 1 aromatic heterocycles. The molecule has 2 N–H and O–H groups in total. The van der Waals surface area contributed by atoms with Crippen molar-refractivity contribution in [2.24, 2.45) is 0 Å². The second-order valence-corrected chi connectivity index (χ2v) is 7.54. The minimum atomic E-state index is -0.346. The van der Waals surface area contributed by atoms with E-state index in [2.05, 4.69) is 16.3 Å². The van der Waals surface area contributed by atoms with Crippen LogP contribution in [-0.2, 0) is 4.79 Å². The van der Waals surface area contributed by atoms with Gasteiger partial charge in [0.05, 0.1) is 12.1 Å². The molecular weight excluding hydrogens is 371 g/mol. The van der Waals surface area contributed by atoms with Gasteiger partial charge < -0.3 is 10.4 Å². The Hall–Kier alpha value is -2.69. The van der Waals surface area contributed by atoms with Crippen LogP contribution < -0.4 is 5.32 Å². The lowest BCUT2D eigenvalue weighted by molar-refractivity contribution is -0.118. The highest BCUT2D eigenvalue weighted by molar-refractivity contribution is 5.93. The number of halogens is 1. The number of piperidine rings is 1. The molecule has 0 radical (unpaired) electrons. The van der Waals surface area contributed by atoms with Gasteiger partial charge in [0.25, 0.3) is 0 Å². The first-order chi connectivity index (χ1) is 14.0. The Balaban J connectivity index is 1.88. The fourth-order valence-corrected chi connectivity index (χ4v) is 4.07. The standard InChI is InChI=1S/C22H27FN4O2/c1-15-16(2)27(19-8-6-17(23)7-9-19)22(20(15)13-24)25-21(29)14-26-11-4-3-5-18(26)10-12-28/h6-9,18,28H,3-5,10-12,14H2,1-2H3,(H,25,29). The molecule has 1 aromatic carbocycles. The first-order valence-corrected chi connectivity index (χ1v) is 9.99. The third-order valence-electron chi connectivity index (χ3n) is 5.73. The molecule has 0 saturated carbocycles. The lowest BCUT2D eigenvalue weighted by Gasteiger charge is -2.34. The van der Waals surface area contributed by atoms with Crippen molar-refractivity contribution in [3.63, 3.8) is 0 Å². The third-order valence-corrected chi connectivity index (χ3v) is 5.73. The molecule has 1 atom stereocenters. The van der Waals surface area contributed by atoms with Crippen LogP contribution in [0.4, 0.5) is 10.2 Å². The van der Waals surface area contributed by atoms with E-state index >= 15 is 0 Å². The minimum Gasteiger partial charge on any atom is -0.396 e. The highest BCUT2D eigenvalue weighted by Crippen LogP contribution is 2.30. The van der Waals surface area contributed by atoms with Gasteiger partial charge in [-0.25, -0.2) is 4.39 Å². The second kappa shape index (κ2) is 9.21. The Labute approximate surface area is 170 Å². The number of rotatable bonds is 6. The van der Waals surface area contributed by atoms with Crippen LogP contribution in [0, 0.1) is 31.0 Å². The fourth-order valence-electron chi connectivity index (χ4n) is 4.07. The summed E-state index contributed by atoms with van der Waals surface area (Å²) in [7, 11) is 0. The van der Waals surface area contributed by atoms with Gasteiger partial charge in [0, 0.05) is 24.0 Å². The zero-order valence-corrected chi connectivity index (χ0v) is 16.9. The molecule has 3 rings (SSSR count). The lowest BCUT2D eigenvalue weighted by atomic mass is 10.00. The van der Waals surface area contributed by atoms with Crippen LogP contribution in [0.5, 0.6) is 0 Å². The zero-order chi connectivity index (χ0) is 21.0. The molecular formula is C22H27FN4O2. The van der Waals surface area contributed by atoms with Crippen LogP contribution in [0.25, 0.3) is 5.69 Å². The third kappa shape index (κ3) is 4.50. The normalized spacial score (nSPS) is 17.1. The van der Waals surface area contributed by atoms with Crippen molar-refractivity contribution in [1.29, 1.82) is 5.26 Å². The quantitative estimate of drug-likeness (QED) is 0.782. The number of hydrogen-bond acceptors (Lipinski definition) is 4. The summed E-state index contributed by atoms with van der Waals surface area (Å²) in [5.41, 5.74) is 2.69. The van der Waals surface area contributed by atoms with Crippen LogP contribution in [-0.4, -0.2) is 46.2 Å². The number of nitrogens with zero attached hydrogens (tertiary/aromatic N) is 3. The summed E-state index contributed by atoms with van der Waals surface area (Å²) in [5.74, 6) is -0.136. The van der Waals surface area contributed by atoms with E-state index in [1.807, 2.05) is 13.8 Å². The van der Waals surface area contributed by atoms with Gasteiger partial charge in [0.15, 0.2) is 0 Å². The molecule has 154 valence electrons. The van der Waals surface area contributed by atoms with Crippen LogP contribution in [0.1, 0.15) is 42.5 Å². The zero-order valence-electron chi connectivity index (χ0n) is 16.9. The van der Waals surface area contributed by atoms with Crippen LogP contribution in [0.15, 0.2) is 24.3 Å². The molecule has 2 heterocycles. The Bertz CT molecular complexity index is 912. The van der Waals surface area contributed by atoms with Gasteiger partial charge in [-0.15, -0.1) is 0 Å². The fraction of sp³-hybridized carbons (Fsp3) is 0.455. The number of hydrogen-bond donors (Lipinski definition) is 2. The van der Waals surface area contributed by atoms with E-state index in [0.717, 1.165) is 37.1 Å². The van der Waals surface area contributed by atoms with E-state index in [4.69, 9.17) is 0 Å². The largest absolute Gasteiger partial charge is 0.396 e. The predicted molar refractivity (Wildman–Crippen MR) is 109 cm³/mol. The molecule has 1 fully saturated rings. The number of carbonyl (C=O) groups excluding carboxylic acids is 1. The first-order valence-electron chi connectivity index (χ1n) is 9.99. The topological polar surface area (TPSA) is 81.3 Å². The summed E-state index contributed by atoms with van der Waals surface area (Å²) in [4.78, 5) is 15.0. The van der Waals surface area contributed by atoms with E-state index in [0.29, 0.717) is 23.5 Å². The maximum absolute atomic E-state index is 13.4. The summed E-state index contributed by atoms with van der Waals surface area (Å²) < 4.78 is 15.2. The molecule has 1 aliphatic heterocycles. The predicted octanol–water partition coefficient (Wildman–Crippen LogP) is 3.28. The highest BCUT2D eigenvalue weighted by atomic mass is 19.1. The molecule has 1 amide bonds. The number of aliphatic hydroxyl groups is 1. The van der Waals surface area contributed by atoms with Crippen molar-refractivity contribution in [2.75, 3.05) is 25.0 Å². The minimum absolute atomic E-state index is 0.104. The van der Waals surface area contributed by atoms with Crippen LogP contribution >= 0.6 is 0 Å². The number of nitriles is 1. The molecule has 1 aliphatic rings. The second-order valence-electron chi connectivity index (χ2n) is 7.54. The average Bonchev–Trinajstić information content (AvgIpc) is 2.94. The Morgan fingerprint density at radius 1 is 1.31 bits per heavy atom. The van der Waals surface area contributed by atoms with E-state index in [-0.39, 0.29) is 30.9 Å². The molecule has 2 aromatic rings. The summed E-state index contributed by atoms with van der Waals surface area (Å²) in [6, 6.07) is 8.35. The van der Waals surface area contributed by atoms with Gasteiger partial charge in [-0.2, -0.15) is 5.26 Å². The Kier molecular flexibility index (Phi) is 6.68. The van der Waals surface area contributed by atoms with Gasteiger partial charge in [0.2, 0.25) is 5.91 Å².